The Labute approximate surface area is 117 Å². The summed E-state index contributed by atoms with van der Waals surface area (Å²) in [5.74, 6) is 0.161. The Morgan fingerprint density at radius 3 is 2.05 bits per heavy atom. The van der Waals surface area contributed by atoms with Gasteiger partial charge in [0.15, 0.2) is 0 Å². The van der Waals surface area contributed by atoms with Crippen LogP contribution in [-0.4, -0.2) is 37.0 Å². The Kier molecular flexibility index (Phi) is 8.26. The molecule has 0 fully saturated rings. The van der Waals surface area contributed by atoms with Crippen LogP contribution in [0.1, 0.15) is 54.9 Å². The Balaban J connectivity index is 3.75. The summed E-state index contributed by atoms with van der Waals surface area (Å²) in [6.45, 7) is 14.7. The second-order valence-corrected chi connectivity index (χ2v) is 6.47. The highest BCUT2D eigenvalue weighted by atomic mass is 16.6. The van der Waals surface area contributed by atoms with Crippen molar-refractivity contribution in [1.82, 2.24) is 0 Å². The topological polar surface area (TPSA) is 44.8 Å². The zero-order valence-electron chi connectivity index (χ0n) is 13.5. The van der Waals surface area contributed by atoms with Crippen molar-refractivity contribution < 1.29 is 19.0 Å². The fraction of sp³-hybridized carbons (Fsp3) is 0.933. The van der Waals surface area contributed by atoms with Gasteiger partial charge in [0, 0.05) is 6.42 Å². The molecule has 4 nitrogen and oxygen atoms in total. The molecule has 4 heteroatoms. The molecule has 0 rings (SSSR count). The van der Waals surface area contributed by atoms with Crippen LogP contribution in [0, 0.1) is 5.92 Å². The maximum absolute atomic E-state index is 11.4. The van der Waals surface area contributed by atoms with Gasteiger partial charge in [-0.05, 0) is 40.5 Å². The maximum Gasteiger partial charge on any atom is 0.306 e. The molecule has 0 aromatic heterocycles. The number of carbonyl (C=O) groups excluding carboxylic acids is 1. The zero-order chi connectivity index (χ0) is 15.1. The van der Waals surface area contributed by atoms with Crippen molar-refractivity contribution in [2.45, 2.75) is 72.7 Å². The summed E-state index contributed by atoms with van der Waals surface area (Å²) >= 11 is 0. The van der Waals surface area contributed by atoms with Crippen LogP contribution in [0.15, 0.2) is 0 Å². The normalized spacial score (nSPS) is 15.4. The fourth-order valence-electron chi connectivity index (χ4n) is 1.59. The maximum atomic E-state index is 11.4. The smallest absolute Gasteiger partial charge is 0.306 e. The van der Waals surface area contributed by atoms with Crippen LogP contribution in [0.3, 0.4) is 0 Å². The number of hydrogen-bond acceptors (Lipinski definition) is 4. The van der Waals surface area contributed by atoms with E-state index in [0.717, 1.165) is 0 Å². The van der Waals surface area contributed by atoms with Gasteiger partial charge in [-0.25, -0.2) is 0 Å². The van der Waals surface area contributed by atoms with Crippen LogP contribution in [0.5, 0.6) is 0 Å². The SMILES string of the molecule is CC(C)CC(=O)OCC(C)OCC(C)OC(C)(C)C. The van der Waals surface area contributed by atoms with E-state index in [1.54, 1.807) is 0 Å². The van der Waals surface area contributed by atoms with Gasteiger partial charge in [-0.2, -0.15) is 0 Å². The molecule has 2 unspecified atom stereocenters. The highest BCUT2D eigenvalue weighted by Crippen LogP contribution is 2.11. The average molecular weight is 274 g/mol. The van der Waals surface area contributed by atoms with E-state index in [1.165, 1.54) is 0 Å². The monoisotopic (exact) mass is 274 g/mol. The number of carbonyl (C=O) groups is 1. The summed E-state index contributed by atoms with van der Waals surface area (Å²) in [4.78, 5) is 11.4. The molecule has 0 amide bonds. The minimum atomic E-state index is -0.171. The van der Waals surface area contributed by atoms with Crippen LogP contribution in [0.2, 0.25) is 0 Å². The summed E-state index contributed by atoms with van der Waals surface area (Å²) < 4.78 is 16.5. The standard InChI is InChI=1S/C15H30O4/c1-11(2)8-14(16)18-9-12(3)17-10-13(4)19-15(5,6)7/h11-13H,8-10H2,1-7H3. The summed E-state index contributed by atoms with van der Waals surface area (Å²) in [5, 5.41) is 0. The summed E-state index contributed by atoms with van der Waals surface area (Å²) in [6.07, 6.45) is 0.368. The van der Waals surface area contributed by atoms with Gasteiger partial charge in [-0.15, -0.1) is 0 Å². The summed E-state index contributed by atoms with van der Waals surface area (Å²) in [6, 6.07) is 0. The van der Waals surface area contributed by atoms with Crippen LogP contribution in [0.4, 0.5) is 0 Å². The molecule has 0 bridgehead atoms. The van der Waals surface area contributed by atoms with Gasteiger partial charge in [0.05, 0.1) is 24.4 Å². The molecule has 0 saturated heterocycles. The van der Waals surface area contributed by atoms with Crippen molar-refractivity contribution in [3.8, 4) is 0 Å². The lowest BCUT2D eigenvalue weighted by Gasteiger charge is -2.26. The van der Waals surface area contributed by atoms with E-state index in [-0.39, 0.29) is 23.8 Å². The van der Waals surface area contributed by atoms with Crippen LogP contribution in [0.25, 0.3) is 0 Å². The van der Waals surface area contributed by atoms with Crippen LogP contribution in [-0.2, 0) is 19.0 Å². The first-order chi connectivity index (χ1) is 8.60. The third-order valence-corrected chi connectivity index (χ3v) is 2.22. The number of hydrogen-bond donors (Lipinski definition) is 0. The van der Waals surface area contributed by atoms with E-state index < -0.39 is 0 Å². The predicted molar refractivity (Wildman–Crippen MR) is 76.1 cm³/mol. The molecule has 0 aliphatic heterocycles. The highest BCUT2D eigenvalue weighted by Gasteiger charge is 2.16. The largest absolute Gasteiger partial charge is 0.463 e. The molecule has 0 aliphatic rings. The van der Waals surface area contributed by atoms with Crippen LogP contribution >= 0.6 is 0 Å². The van der Waals surface area contributed by atoms with Gasteiger partial charge >= 0.3 is 5.97 Å². The van der Waals surface area contributed by atoms with E-state index >= 15 is 0 Å². The van der Waals surface area contributed by atoms with Gasteiger partial charge in [-0.1, -0.05) is 13.8 Å². The molecular weight excluding hydrogens is 244 g/mol. The van der Waals surface area contributed by atoms with Crippen molar-refractivity contribution in [2.24, 2.45) is 5.92 Å². The zero-order valence-corrected chi connectivity index (χ0v) is 13.5. The lowest BCUT2D eigenvalue weighted by Crippen LogP contribution is -2.30. The summed E-state index contributed by atoms with van der Waals surface area (Å²) in [7, 11) is 0. The first-order valence-electron chi connectivity index (χ1n) is 7.05. The van der Waals surface area contributed by atoms with E-state index in [9.17, 15) is 4.79 Å². The van der Waals surface area contributed by atoms with E-state index in [2.05, 4.69) is 0 Å². The van der Waals surface area contributed by atoms with E-state index in [0.29, 0.717) is 25.6 Å². The molecule has 0 spiro atoms. The Morgan fingerprint density at radius 1 is 1.00 bits per heavy atom. The third-order valence-electron chi connectivity index (χ3n) is 2.22. The molecule has 0 heterocycles. The molecule has 0 N–H and O–H groups in total. The predicted octanol–water partition coefficient (Wildman–Crippen LogP) is 3.18. The lowest BCUT2D eigenvalue weighted by molar-refractivity contribution is -0.150. The van der Waals surface area contributed by atoms with Gasteiger partial charge in [-0.3, -0.25) is 4.79 Å². The highest BCUT2D eigenvalue weighted by molar-refractivity contribution is 5.69. The average Bonchev–Trinajstić information content (AvgIpc) is 2.20. The van der Waals surface area contributed by atoms with Crippen molar-refractivity contribution in [2.75, 3.05) is 13.2 Å². The first-order valence-corrected chi connectivity index (χ1v) is 7.05. The Hall–Kier alpha value is -0.610. The molecular formula is C15H30O4. The molecule has 0 aliphatic carbocycles. The minimum absolute atomic E-state index is 0.0221. The second kappa shape index (κ2) is 8.54. The van der Waals surface area contributed by atoms with Crippen molar-refractivity contribution >= 4 is 5.97 Å². The summed E-state index contributed by atoms with van der Waals surface area (Å²) in [5.41, 5.74) is -0.171. The van der Waals surface area contributed by atoms with E-state index in [4.69, 9.17) is 14.2 Å². The number of ether oxygens (including phenoxy) is 3. The van der Waals surface area contributed by atoms with Gasteiger partial charge < -0.3 is 14.2 Å². The third kappa shape index (κ3) is 12.2. The number of esters is 1. The van der Waals surface area contributed by atoms with Gasteiger partial charge in [0.25, 0.3) is 0 Å². The lowest BCUT2D eigenvalue weighted by atomic mass is 10.1. The first kappa shape index (κ1) is 18.4. The fourth-order valence-corrected chi connectivity index (χ4v) is 1.59. The molecule has 0 saturated carbocycles. The van der Waals surface area contributed by atoms with Crippen molar-refractivity contribution in [3.63, 3.8) is 0 Å². The second-order valence-electron chi connectivity index (χ2n) is 6.47. The van der Waals surface area contributed by atoms with Crippen LogP contribution < -0.4 is 0 Å². The van der Waals surface area contributed by atoms with Crippen molar-refractivity contribution in [1.29, 1.82) is 0 Å². The molecule has 19 heavy (non-hydrogen) atoms. The Morgan fingerprint density at radius 2 is 1.58 bits per heavy atom. The molecule has 0 radical (unpaired) electrons. The van der Waals surface area contributed by atoms with Gasteiger partial charge in [0.1, 0.15) is 6.61 Å². The molecule has 0 aromatic rings. The quantitative estimate of drug-likeness (QED) is 0.638. The van der Waals surface area contributed by atoms with E-state index in [1.807, 2.05) is 48.5 Å². The van der Waals surface area contributed by atoms with Crippen molar-refractivity contribution in [3.05, 3.63) is 0 Å². The van der Waals surface area contributed by atoms with Gasteiger partial charge in [0.2, 0.25) is 0 Å². The molecule has 114 valence electrons. The molecule has 0 aromatic carbocycles. The number of rotatable bonds is 8. The molecule has 2 atom stereocenters. The Bertz CT molecular complexity index is 255. The minimum Gasteiger partial charge on any atom is -0.463 e.